The van der Waals surface area contributed by atoms with E-state index in [-0.39, 0.29) is 0 Å². The number of thioether (sulfide) groups is 1. The summed E-state index contributed by atoms with van der Waals surface area (Å²) in [5, 5.41) is 4.98. The monoisotopic (exact) mass is 364 g/mol. The average molecular weight is 365 g/mol. The van der Waals surface area contributed by atoms with Gasteiger partial charge in [0, 0.05) is 29.0 Å². The van der Waals surface area contributed by atoms with Gasteiger partial charge in [0.1, 0.15) is 0 Å². The van der Waals surface area contributed by atoms with E-state index >= 15 is 0 Å². The molecule has 0 unspecified atom stereocenters. The van der Waals surface area contributed by atoms with Crippen molar-refractivity contribution in [2.24, 2.45) is 0 Å². The zero-order chi connectivity index (χ0) is 14.7. The molecule has 0 N–H and O–H groups in total. The molecule has 0 bridgehead atoms. The Balaban J connectivity index is 1.71. The highest BCUT2D eigenvalue weighted by atomic mass is 79.9. The van der Waals surface area contributed by atoms with Crippen LogP contribution in [0, 0.1) is 0 Å². The largest absolute Gasteiger partial charge is 0.338 e. The summed E-state index contributed by atoms with van der Waals surface area (Å²) in [6, 6.07) is 7.83. The summed E-state index contributed by atoms with van der Waals surface area (Å²) in [6.45, 7) is 2.99. The molecule has 0 fully saturated rings. The first-order valence-electron chi connectivity index (χ1n) is 6.48. The van der Waals surface area contributed by atoms with E-state index in [4.69, 9.17) is 4.52 Å². The van der Waals surface area contributed by atoms with Gasteiger partial charge in [-0.15, -0.1) is 0 Å². The van der Waals surface area contributed by atoms with E-state index in [2.05, 4.69) is 42.5 Å². The maximum Gasteiger partial charge on any atom is 0.237 e. The molecule has 0 atom stereocenters. The van der Waals surface area contributed by atoms with E-state index in [1.54, 1.807) is 18.0 Å². The molecule has 2 aromatic heterocycles. The second-order valence-corrected chi connectivity index (χ2v) is 6.16. The number of benzene rings is 1. The van der Waals surface area contributed by atoms with E-state index in [1.807, 2.05) is 30.5 Å². The molecule has 0 spiro atoms. The molecule has 0 saturated heterocycles. The van der Waals surface area contributed by atoms with Crippen LogP contribution >= 0.6 is 27.7 Å². The lowest BCUT2D eigenvalue weighted by atomic mass is 10.2. The Morgan fingerprint density at radius 2 is 2.29 bits per heavy atom. The summed E-state index contributed by atoms with van der Waals surface area (Å²) >= 11 is 5.03. The maximum atomic E-state index is 5.30. The molecule has 0 radical (unpaired) electrons. The summed E-state index contributed by atoms with van der Waals surface area (Å²) in [7, 11) is 0. The van der Waals surface area contributed by atoms with Crippen molar-refractivity contribution < 1.29 is 4.52 Å². The lowest BCUT2D eigenvalue weighted by Gasteiger charge is -2.01. The molecule has 0 aliphatic rings. The summed E-state index contributed by atoms with van der Waals surface area (Å²) in [5.41, 5.74) is 0.930. The highest BCUT2D eigenvalue weighted by Gasteiger charge is 2.10. The Kier molecular flexibility index (Phi) is 4.40. The average Bonchev–Trinajstić information content (AvgIpc) is 3.14. The summed E-state index contributed by atoms with van der Waals surface area (Å²) in [5.74, 6) is 1.81. The fourth-order valence-electron chi connectivity index (χ4n) is 1.86. The number of halogens is 1. The molecule has 0 amide bonds. The third kappa shape index (κ3) is 3.36. The van der Waals surface area contributed by atoms with Crippen LogP contribution in [0.5, 0.6) is 0 Å². The van der Waals surface area contributed by atoms with E-state index in [0.29, 0.717) is 17.5 Å². The first kappa shape index (κ1) is 14.3. The first-order valence-corrected chi connectivity index (χ1v) is 8.26. The number of hydrogen-bond donors (Lipinski definition) is 0. The minimum atomic E-state index is 0.598. The molecular formula is C14H13BrN4OS. The van der Waals surface area contributed by atoms with E-state index in [1.165, 1.54) is 0 Å². The van der Waals surface area contributed by atoms with Crippen LogP contribution in [0.4, 0.5) is 0 Å². The lowest BCUT2D eigenvalue weighted by molar-refractivity contribution is 0.391. The molecule has 1 aromatic carbocycles. The Hall–Kier alpha value is -1.60. The van der Waals surface area contributed by atoms with Crippen LogP contribution in [0.15, 0.2) is 50.8 Å². The topological polar surface area (TPSA) is 56.7 Å². The fraction of sp³-hybridized carbons (Fsp3) is 0.214. The van der Waals surface area contributed by atoms with Gasteiger partial charge in [-0.3, -0.25) is 0 Å². The van der Waals surface area contributed by atoms with Crippen LogP contribution in [0.3, 0.4) is 0 Å². The number of aryl methyl sites for hydroxylation is 1. The number of hydrogen-bond acceptors (Lipinski definition) is 5. The summed E-state index contributed by atoms with van der Waals surface area (Å²) in [6.07, 6.45) is 3.76. The van der Waals surface area contributed by atoms with E-state index in [9.17, 15) is 0 Å². The molecule has 0 aliphatic carbocycles. The molecule has 21 heavy (non-hydrogen) atoms. The predicted molar refractivity (Wildman–Crippen MR) is 84.9 cm³/mol. The van der Waals surface area contributed by atoms with Crippen LogP contribution < -0.4 is 0 Å². The molecule has 2 heterocycles. The van der Waals surface area contributed by atoms with Crippen LogP contribution in [-0.2, 0) is 12.3 Å². The molecule has 0 aliphatic heterocycles. The van der Waals surface area contributed by atoms with Crippen molar-refractivity contribution in [2.45, 2.75) is 24.4 Å². The standard InChI is InChI=1S/C14H13BrN4OS/c1-2-19-7-6-16-14(19)21-9-12-17-13(18-20-12)10-4-3-5-11(15)8-10/h3-8H,2,9H2,1H3. The number of nitrogens with zero attached hydrogens (tertiary/aromatic N) is 4. The third-order valence-electron chi connectivity index (χ3n) is 2.89. The molecule has 108 valence electrons. The summed E-state index contributed by atoms with van der Waals surface area (Å²) in [4.78, 5) is 8.73. The molecule has 5 nitrogen and oxygen atoms in total. The van der Waals surface area contributed by atoms with Crippen LogP contribution in [-0.4, -0.2) is 19.7 Å². The first-order chi connectivity index (χ1) is 10.3. The van der Waals surface area contributed by atoms with E-state index in [0.717, 1.165) is 21.7 Å². The van der Waals surface area contributed by atoms with Gasteiger partial charge < -0.3 is 9.09 Å². The van der Waals surface area contributed by atoms with Gasteiger partial charge in [-0.1, -0.05) is 45.0 Å². The van der Waals surface area contributed by atoms with Gasteiger partial charge in [-0.05, 0) is 19.1 Å². The van der Waals surface area contributed by atoms with Crippen molar-refractivity contribution in [1.29, 1.82) is 0 Å². The molecule has 3 rings (SSSR count). The van der Waals surface area contributed by atoms with E-state index < -0.39 is 0 Å². The minimum absolute atomic E-state index is 0.598. The van der Waals surface area contributed by atoms with Gasteiger partial charge in [-0.2, -0.15) is 4.98 Å². The van der Waals surface area contributed by atoms with Crippen LogP contribution in [0.1, 0.15) is 12.8 Å². The van der Waals surface area contributed by atoms with Crippen LogP contribution in [0.25, 0.3) is 11.4 Å². The van der Waals surface area contributed by atoms with Crippen molar-refractivity contribution >= 4 is 27.7 Å². The highest BCUT2D eigenvalue weighted by Crippen LogP contribution is 2.24. The van der Waals surface area contributed by atoms with Crippen molar-refractivity contribution in [2.75, 3.05) is 0 Å². The Morgan fingerprint density at radius 3 is 3.10 bits per heavy atom. The number of imidazole rings is 1. The minimum Gasteiger partial charge on any atom is -0.338 e. The third-order valence-corrected chi connectivity index (χ3v) is 4.38. The van der Waals surface area contributed by atoms with Gasteiger partial charge >= 0.3 is 0 Å². The maximum absolute atomic E-state index is 5.30. The Morgan fingerprint density at radius 1 is 1.38 bits per heavy atom. The van der Waals surface area contributed by atoms with Gasteiger partial charge in [-0.25, -0.2) is 4.98 Å². The van der Waals surface area contributed by atoms with Crippen LogP contribution in [0.2, 0.25) is 0 Å². The second-order valence-electron chi connectivity index (χ2n) is 4.31. The number of aromatic nitrogens is 4. The lowest BCUT2D eigenvalue weighted by Crippen LogP contribution is -1.94. The quantitative estimate of drug-likeness (QED) is 0.640. The zero-order valence-corrected chi connectivity index (χ0v) is 13.8. The molecular weight excluding hydrogens is 352 g/mol. The summed E-state index contributed by atoms with van der Waals surface area (Å²) < 4.78 is 8.37. The van der Waals surface area contributed by atoms with Gasteiger partial charge in [0.15, 0.2) is 5.16 Å². The Bertz CT molecular complexity index is 740. The molecule has 7 heteroatoms. The number of rotatable bonds is 5. The normalized spacial score (nSPS) is 11.0. The smallest absolute Gasteiger partial charge is 0.237 e. The highest BCUT2D eigenvalue weighted by molar-refractivity contribution is 9.10. The molecule has 0 saturated carbocycles. The van der Waals surface area contributed by atoms with Crippen molar-refractivity contribution in [3.8, 4) is 11.4 Å². The zero-order valence-electron chi connectivity index (χ0n) is 11.4. The van der Waals surface area contributed by atoms with Crippen molar-refractivity contribution in [3.05, 3.63) is 47.0 Å². The second kappa shape index (κ2) is 6.44. The SMILES string of the molecule is CCn1ccnc1SCc1nc(-c2cccc(Br)c2)no1. The van der Waals surface area contributed by atoms with Gasteiger partial charge in [0.05, 0.1) is 5.75 Å². The predicted octanol–water partition coefficient (Wildman–Crippen LogP) is 4.01. The fourth-order valence-corrected chi connectivity index (χ4v) is 3.12. The van der Waals surface area contributed by atoms with Gasteiger partial charge in [0.2, 0.25) is 11.7 Å². The van der Waals surface area contributed by atoms with Crippen molar-refractivity contribution in [1.82, 2.24) is 19.7 Å². The van der Waals surface area contributed by atoms with Gasteiger partial charge in [0.25, 0.3) is 0 Å². The van der Waals surface area contributed by atoms with Crippen molar-refractivity contribution in [3.63, 3.8) is 0 Å². The Labute approximate surface area is 134 Å². The molecule has 3 aromatic rings.